The summed E-state index contributed by atoms with van der Waals surface area (Å²) in [5.41, 5.74) is 2.39. The summed E-state index contributed by atoms with van der Waals surface area (Å²) in [6.45, 7) is 0.678. The number of hydrogen-bond acceptors (Lipinski definition) is 5. The number of ether oxygens (including phenoxy) is 1. The summed E-state index contributed by atoms with van der Waals surface area (Å²) < 4.78 is 6.22. The average Bonchev–Trinajstić information content (AvgIpc) is 3.48. The van der Waals surface area contributed by atoms with Gasteiger partial charge < -0.3 is 9.64 Å². The lowest BCUT2D eigenvalue weighted by atomic mass is 10.1. The maximum Gasteiger partial charge on any atom is 0.234 e. The topological polar surface area (TPSA) is 62.7 Å². The Morgan fingerprint density at radius 2 is 1.82 bits per heavy atom. The number of nitrogens with zero attached hydrogens (tertiary/aromatic N) is 3. The van der Waals surface area contributed by atoms with E-state index in [4.69, 9.17) is 21.3 Å². The van der Waals surface area contributed by atoms with Crippen molar-refractivity contribution in [2.24, 2.45) is 5.92 Å². The molecule has 1 aromatic heterocycles. The van der Waals surface area contributed by atoms with E-state index in [9.17, 15) is 9.59 Å². The molecule has 34 heavy (non-hydrogen) atoms. The van der Waals surface area contributed by atoms with Crippen LogP contribution in [0.2, 0.25) is 5.02 Å². The number of anilines is 2. The second-order valence-corrected chi connectivity index (χ2v) is 9.46. The van der Waals surface area contributed by atoms with Crippen molar-refractivity contribution in [2.75, 3.05) is 23.5 Å². The van der Waals surface area contributed by atoms with Crippen LogP contribution in [0, 0.1) is 5.92 Å². The fourth-order valence-electron chi connectivity index (χ4n) is 4.18. The molecule has 8 heteroatoms. The minimum atomic E-state index is -0.471. The van der Waals surface area contributed by atoms with Crippen molar-refractivity contribution in [3.05, 3.63) is 83.4 Å². The van der Waals surface area contributed by atoms with E-state index in [1.54, 1.807) is 29.0 Å². The van der Waals surface area contributed by atoms with Gasteiger partial charge >= 0.3 is 0 Å². The molecule has 4 aromatic rings. The molecule has 172 valence electrons. The monoisotopic (exact) mass is 491 g/mol. The highest BCUT2D eigenvalue weighted by molar-refractivity contribution is 7.23. The standard InChI is InChI=1S/C26H22ClN3O3S/c1-33-21-13-12-20(27)24-23(21)28-26(34-24)30(15-17-8-4-2-5-9-17)25(32)18-14-22(31)29(16-18)19-10-6-3-7-11-19/h2-13,18H,14-16H2,1H3. The van der Waals surface area contributed by atoms with Gasteiger partial charge in [-0.1, -0.05) is 71.5 Å². The molecular weight excluding hydrogens is 470 g/mol. The normalized spacial score (nSPS) is 15.6. The first-order valence-corrected chi connectivity index (χ1v) is 12.1. The Labute approximate surface area is 206 Å². The van der Waals surface area contributed by atoms with E-state index in [-0.39, 0.29) is 18.2 Å². The predicted octanol–water partition coefficient (Wildman–Crippen LogP) is 5.54. The quantitative estimate of drug-likeness (QED) is 0.355. The molecular formula is C26H22ClN3O3S. The molecule has 5 rings (SSSR count). The molecule has 0 radical (unpaired) electrons. The zero-order valence-corrected chi connectivity index (χ0v) is 20.1. The van der Waals surface area contributed by atoms with Crippen molar-refractivity contribution in [1.82, 2.24) is 4.98 Å². The number of rotatable bonds is 6. The minimum Gasteiger partial charge on any atom is -0.494 e. The molecule has 0 bridgehead atoms. The first-order chi connectivity index (χ1) is 16.5. The highest BCUT2D eigenvalue weighted by Crippen LogP contribution is 2.40. The fraction of sp³-hybridized carbons (Fsp3) is 0.192. The number of carbonyl (C=O) groups excluding carboxylic acids is 2. The Morgan fingerprint density at radius 3 is 2.53 bits per heavy atom. The molecule has 1 aliphatic rings. The largest absolute Gasteiger partial charge is 0.494 e. The van der Waals surface area contributed by atoms with E-state index >= 15 is 0 Å². The lowest BCUT2D eigenvalue weighted by molar-refractivity contribution is -0.124. The van der Waals surface area contributed by atoms with Gasteiger partial charge in [-0.15, -0.1) is 0 Å². The van der Waals surface area contributed by atoms with Crippen molar-refractivity contribution in [3.63, 3.8) is 0 Å². The van der Waals surface area contributed by atoms with E-state index in [1.165, 1.54) is 11.3 Å². The van der Waals surface area contributed by atoms with Gasteiger partial charge in [0, 0.05) is 18.7 Å². The van der Waals surface area contributed by atoms with Crippen LogP contribution < -0.4 is 14.5 Å². The Hall–Kier alpha value is -3.42. The fourth-order valence-corrected chi connectivity index (χ4v) is 5.44. The molecule has 1 aliphatic heterocycles. The molecule has 1 unspecified atom stereocenters. The van der Waals surface area contributed by atoms with Crippen LogP contribution in [0.3, 0.4) is 0 Å². The molecule has 2 amide bonds. The summed E-state index contributed by atoms with van der Waals surface area (Å²) in [5.74, 6) is -0.0656. The number of carbonyl (C=O) groups is 2. The lowest BCUT2D eigenvalue weighted by Gasteiger charge is -2.23. The number of methoxy groups -OCH3 is 1. The third-order valence-corrected chi connectivity index (χ3v) is 7.43. The van der Waals surface area contributed by atoms with Gasteiger partial charge in [0.05, 0.1) is 29.3 Å². The lowest BCUT2D eigenvalue weighted by Crippen LogP contribution is -2.37. The van der Waals surface area contributed by atoms with Crippen molar-refractivity contribution in [1.29, 1.82) is 0 Å². The number of hydrogen-bond donors (Lipinski definition) is 0. The van der Waals surface area contributed by atoms with E-state index in [0.717, 1.165) is 16.0 Å². The third kappa shape index (κ3) is 4.24. The Kier molecular flexibility index (Phi) is 6.22. The molecule has 1 fully saturated rings. The predicted molar refractivity (Wildman–Crippen MR) is 136 cm³/mol. The highest BCUT2D eigenvalue weighted by atomic mass is 35.5. The van der Waals surface area contributed by atoms with Gasteiger partial charge in [-0.05, 0) is 29.8 Å². The zero-order chi connectivity index (χ0) is 23.7. The summed E-state index contributed by atoms with van der Waals surface area (Å²) in [6, 6.07) is 22.7. The van der Waals surface area contributed by atoms with Crippen LogP contribution in [0.4, 0.5) is 10.8 Å². The van der Waals surface area contributed by atoms with Gasteiger partial charge in [0.2, 0.25) is 11.8 Å². The van der Waals surface area contributed by atoms with Crippen LogP contribution in [-0.2, 0) is 16.1 Å². The molecule has 0 saturated carbocycles. The van der Waals surface area contributed by atoms with Gasteiger partial charge in [0.15, 0.2) is 5.13 Å². The summed E-state index contributed by atoms with van der Waals surface area (Å²) in [6.07, 6.45) is 0.161. The maximum atomic E-state index is 13.8. The number of amides is 2. The summed E-state index contributed by atoms with van der Waals surface area (Å²) in [4.78, 5) is 34.7. The molecule has 2 heterocycles. The van der Waals surface area contributed by atoms with Gasteiger partial charge in [-0.25, -0.2) is 4.98 Å². The minimum absolute atomic E-state index is 0.0572. The molecule has 1 atom stereocenters. The molecule has 3 aromatic carbocycles. The highest BCUT2D eigenvalue weighted by Gasteiger charge is 2.38. The Balaban J connectivity index is 1.51. The molecule has 1 saturated heterocycles. The molecule has 0 spiro atoms. The summed E-state index contributed by atoms with van der Waals surface area (Å²) in [5, 5.41) is 1.08. The van der Waals surface area contributed by atoms with Crippen LogP contribution in [0.1, 0.15) is 12.0 Å². The maximum absolute atomic E-state index is 13.8. The number of thiazole rings is 1. The number of benzene rings is 3. The average molecular weight is 492 g/mol. The van der Waals surface area contributed by atoms with Gasteiger partial charge in [0.25, 0.3) is 0 Å². The third-order valence-electron chi connectivity index (χ3n) is 5.89. The smallest absolute Gasteiger partial charge is 0.234 e. The number of halogens is 1. The molecule has 0 N–H and O–H groups in total. The molecule has 6 nitrogen and oxygen atoms in total. The van der Waals surface area contributed by atoms with Crippen molar-refractivity contribution >= 4 is 55.8 Å². The Morgan fingerprint density at radius 1 is 1.12 bits per heavy atom. The van der Waals surface area contributed by atoms with Crippen molar-refractivity contribution in [2.45, 2.75) is 13.0 Å². The number of para-hydroxylation sites is 1. The first-order valence-electron chi connectivity index (χ1n) is 10.9. The van der Waals surface area contributed by atoms with Gasteiger partial charge in [-0.2, -0.15) is 0 Å². The number of aromatic nitrogens is 1. The van der Waals surface area contributed by atoms with E-state index in [2.05, 4.69) is 0 Å². The second-order valence-electron chi connectivity index (χ2n) is 8.07. The summed E-state index contributed by atoms with van der Waals surface area (Å²) >= 11 is 7.79. The van der Waals surface area contributed by atoms with Crippen LogP contribution in [0.25, 0.3) is 10.2 Å². The van der Waals surface area contributed by atoms with Crippen LogP contribution in [-0.4, -0.2) is 30.5 Å². The van der Waals surface area contributed by atoms with E-state index in [0.29, 0.717) is 34.5 Å². The van der Waals surface area contributed by atoms with Gasteiger partial charge in [0.1, 0.15) is 11.3 Å². The van der Waals surface area contributed by atoms with Crippen molar-refractivity contribution in [3.8, 4) is 5.75 Å². The van der Waals surface area contributed by atoms with Gasteiger partial charge in [-0.3, -0.25) is 14.5 Å². The second kappa shape index (κ2) is 9.44. The Bertz CT molecular complexity index is 1340. The van der Waals surface area contributed by atoms with E-state index < -0.39 is 5.92 Å². The SMILES string of the molecule is COc1ccc(Cl)c2sc(N(Cc3ccccc3)C(=O)C3CC(=O)N(c4ccccc4)C3)nc12. The van der Waals surface area contributed by atoms with Crippen molar-refractivity contribution < 1.29 is 14.3 Å². The zero-order valence-electron chi connectivity index (χ0n) is 18.5. The summed E-state index contributed by atoms with van der Waals surface area (Å²) in [7, 11) is 1.58. The van der Waals surface area contributed by atoms with Crippen LogP contribution in [0.5, 0.6) is 5.75 Å². The number of fused-ring (bicyclic) bond motifs is 1. The first kappa shape index (κ1) is 22.4. The van der Waals surface area contributed by atoms with E-state index in [1.807, 2.05) is 60.7 Å². The van der Waals surface area contributed by atoms with Crippen LogP contribution in [0.15, 0.2) is 72.8 Å². The molecule has 0 aliphatic carbocycles. The van der Waals surface area contributed by atoms with Crippen LogP contribution >= 0.6 is 22.9 Å².